The summed E-state index contributed by atoms with van der Waals surface area (Å²) < 4.78 is 11.4. The Balaban J connectivity index is 2.95. The van der Waals surface area contributed by atoms with E-state index in [4.69, 9.17) is 11.8 Å². The van der Waals surface area contributed by atoms with E-state index in [9.17, 15) is 9.66 Å². The van der Waals surface area contributed by atoms with Crippen molar-refractivity contribution >= 4 is 22.4 Å². The Morgan fingerprint density at radius 2 is 2.33 bits per heavy atom. The van der Waals surface area contributed by atoms with Crippen molar-refractivity contribution < 1.29 is 9.66 Å². The highest BCUT2D eigenvalue weighted by Gasteiger charge is 2.03. The molecule has 0 bridgehead atoms. The van der Waals surface area contributed by atoms with E-state index < -0.39 is 11.2 Å². The van der Waals surface area contributed by atoms with Gasteiger partial charge in [0.25, 0.3) is 0 Å². The number of phenolic OH excluding ortho intramolecular Hbond substituents is 1. The van der Waals surface area contributed by atoms with E-state index in [-0.39, 0.29) is 5.75 Å². The van der Waals surface area contributed by atoms with Gasteiger partial charge in [-0.15, -0.1) is 6.42 Å². The van der Waals surface area contributed by atoms with Gasteiger partial charge in [0.1, 0.15) is 11.3 Å². The number of rotatable bonds is 4. The van der Waals surface area contributed by atoms with Gasteiger partial charge in [-0.3, -0.25) is 5.41 Å². The molecule has 80 valence electrons. The lowest BCUT2D eigenvalue weighted by atomic mass is 10.3. The molecule has 0 atom stereocenters. The first-order valence-electron chi connectivity index (χ1n) is 4.23. The third-order valence-electron chi connectivity index (χ3n) is 1.73. The van der Waals surface area contributed by atoms with Crippen LogP contribution >= 0.6 is 0 Å². The summed E-state index contributed by atoms with van der Waals surface area (Å²) in [5, 5.41) is 19.1. The molecular weight excluding hydrogens is 212 g/mol. The summed E-state index contributed by atoms with van der Waals surface area (Å²) in [5.41, 5.74) is 1.48. The van der Waals surface area contributed by atoms with Crippen LogP contribution in [0.4, 0.5) is 5.69 Å². The molecular formula is C10H12N2O2S. The third kappa shape index (κ3) is 3.20. The molecule has 5 heteroatoms. The second kappa shape index (κ2) is 5.29. The normalized spacial score (nSPS) is 10.3. The number of phenols is 1. The predicted octanol–water partition coefficient (Wildman–Crippen LogP) is 0.617. The van der Waals surface area contributed by atoms with E-state index in [0.29, 0.717) is 17.1 Å². The molecule has 0 unspecified atom stereocenters. The Bertz CT molecular complexity index is 401. The van der Waals surface area contributed by atoms with Crippen molar-refractivity contribution in [1.82, 2.24) is 0 Å². The molecule has 1 aromatic carbocycles. The molecule has 0 spiro atoms. The maximum atomic E-state index is 11.4. The minimum absolute atomic E-state index is 0.00669. The molecule has 0 aliphatic heterocycles. The summed E-state index contributed by atoms with van der Waals surface area (Å²) in [7, 11) is 0. The Labute approximate surface area is 91.0 Å². The summed E-state index contributed by atoms with van der Waals surface area (Å²) in [4.78, 5) is 0.439. The quantitative estimate of drug-likeness (QED) is 0.303. The average Bonchev–Trinajstić information content (AvgIpc) is 2.24. The van der Waals surface area contributed by atoms with E-state index in [1.165, 1.54) is 12.1 Å². The molecule has 0 saturated heterocycles. The molecule has 1 aromatic rings. The zero-order valence-electron chi connectivity index (χ0n) is 7.95. The molecule has 0 aliphatic carbocycles. The van der Waals surface area contributed by atoms with Crippen molar-refractivity contribution in [2.24, 2.45) is 0 Å². The lowest BCUT2D eigenvalue weighted by Gasteiger charge is -2.16. The van der Waals surface area contributed by atoms with Crippen molar-refractivity contribution in [3.8, 4) is 18.1 Å². The van der Waals surface area contributed by atoms with Crippen LogP contribution < -0.4 is 5.32 Å². The van der Waals surface area contributed by atoms with E-state index in [2.05, 4.69) is 11.2 Å². The van der Waals surface area contributed by atoms with Crippen LogP contribution in [0.5, 0.6) is 5.75 Å². The van der Waals surface area contributed by atoms with Gasteiger partial charge in [-0.2, -0.15) is 0 Å². The van der Waals surface area contributed by atoms with Crippen molar-refractivity contribution in [1.29, 1.82) is 5.41 Å². The highest BCUT2D eigenvalue weighted by molar-refractivity contribution is 8.04. The number of hydrogen-bond acceptors (Lipinski definition) is 4. The van der Waals surface area contributed by atoms with Crippen LogP contribution in [0, 0.1) is 17.8 Å². The van der Waals surface area contributed by atoms with Gasteiger partial charge in [0, 0.05) is 23.9 Å². The summed E-state index contributed by atoms with van der Waals surface area (Å²) in [6.45, 7) is 0.328. The first kappa shape index (κ1) is 11.4. The van der Waals surface area contributed by atoms with Crippen molar-refractivity contribution in [2.45, 2.75) is 4.90 Å². The number of benzene rings is 1. The fourth-order valence-corrected chi connectivity index (χ4v) is 1.85. The lowest BCUT2D eigenvalue weighted by molar-refractivity contribution is 0.473. The SMILES string of the molecule is C#CCNc1cc(O)cc([SH2+]([O-])C=N)c1. The zero-order chi connectivity index (χ0) is 11.3. The monoisotopic (exact) mass is 224 g/mol. The van der Waals surface area contributed by atoms with Crippen LogP contribution in [0.3, 0.4) is 0 Å². The largest absolute Gasteiger partial charge is 0.679 e. The van der Waals surface area contributed by atoms with Crippen LogP contribution in [0.2, 0.25) is 0 Å². The van der Waals surface area contributed by atoms with Gasteiger partial charge in [0.15, 0.2) is 0 Å². The van der Waals surface area contributed by atoms with Crippen molar-refractivity contribution in [3.63, 3.8) is 0 Å². The molecule has 0 saturated carbocycles. The fourth-order valence-electron chi connectivity index (χ4n) is 1.09. The summed E-state index contributed by atoms with van der Waals surface area (Å²) in [6, 6.07) is 4.48. The van der Waals surface area contributed by atoms with Crippen LogP contribution in [-0.4, -0.2) is 21.8 Å². The Morgan fingerprint density at radius 3 is 2.93 bits per heavy atom. The Morgan fingerprint density at radius 1 is 1.60 bits per heavy atom. The van der Waals surface area contributed by atoms with Crippen LogP contribution in [0.1, 0.15) is 0 Å². The number of hydrogen-bond donors (Lipinski definition) is 3. The van der Waals surface area contributed by atoms with Gasteiger partial charge in [0.05, 0.1) is 11.4 Å². The van der Waals surface area contributed by atoms with Crippen LogP contribution in [-0.2, 0) is 11.2 Å². The highest BCUT2D eigenvalue weighted by Crippen LogP contribution is 2.22. The van der Waals surface area contributed by atoms with Gasteiger partial charge in [0.2, 0.25) is 0 Å². The van der Waals surface area contributed by atoms with E-state index in [0.717, 1.165) is 5.55 Å². The van der Waals surface area contributed by atoms with Crippen LogP contribution in [0.15, 0.2) is 23.1 Å². The molecule has 0 fully saturated rings. The summed E-state index contributed by atoms with van der Waals surface area (Å²) in [6.07, 6.45) is 5.07. The van der Waals surface area contributed by atoms with Gasteiger partial charge in [-0.1, -0.05) is 5.92 Å². The summed E-state index contributed by atoms with van der Waals surface area (Å²) in [5.74, 6) is 2.40. The Kier molecular flexibility index (Phi) is 4.03. The molecule has 0 radical (unpaired) electrons. The lowest BCUT2D eigenvalue weighted by Crippen LogP contribution is -2.03. The second-order valence-corrected chi connectivity index (χ2v) is 4.43. The number of nitrogens with one attached hydrogen (secondary N) is 2. The molecule has 0 aliphatic rings. The standard InChI is InChI=1S/C10H12N2O2S/c1-2-3-12-8-4-9(13)6-10(5-8)15(14)7-11/h1,4-7,11-13H,3,15H2. The molecule has 0 heterocycles. The fraction of sp³-hybridized carbons (Fsp3) is 0.100. The van der Waals surface area contributed by atoms with E-state index in [1.807, 2.05) is 0 Å². The third-order valence-corrected chi connectivity index (χ3v) is 2.85. The highest BCUT2D eigenvalue weighted by atomic mass is 32.2. The maximum absolute atomic E-state index is 11.4. The predicted molar refractivity (Wildman–Crippen MR) is 63.4 cm³/mol. The van der Waals surface area contributed by atoms with Gasteiger partial charge >= 0.3 is 0 Å². The first-order valence-corrected chi connectivity index (χ1v) is 5.72. The molecule has 1 rings (SSSR count). The molecule has 15 heavy (non-hydrogen) atoms. The molecule has 4 nitrogen and oxygen atoms in total. The van der Waals surface area contributed by atoms with Gasteiger partial charge in [-0.05, 0) is 0 Å². The minimum Gasteiger partial charge on any atom is -0.679 e. The van der Waals surface area contributed by atoms with Gasteiger partial charge in [-0.25, -0.2) is 11.2 Å². The number of aromatic hydroxyl groups is 1. The summed E-state index contributed by atoms with van der Waals surface area (Å²) >= 11 is -2.24. The second-order valence-electron chi connectivity index (χ2n) is 2.83. The smallest absolute Gasteiger partial charge is 0.125 e. The van der Waals surface area contributed by atoms with Crippen LogP contribution in [0.25, 0.3) is 0 Å². The van der Waals surface area contributed by atoms with Gasteiger partial charge < -0.3 is 15.0 Å². The number of terminal acetylenes is 1. The average molecular weight is 224 g/mol. The Hall–Kier alpha value is -1.64. The topological polar surface area (TPSA) is 79.2 Å². The first-order chi connectivity index (χ1) is 7.17. The minimum atomic E-state index is -2.24. The molecule has 3 N–H and O–H groups in total. The van der Waals surface area contributed by atoms with Crippen molar-refractivity contribution in [2.75, 3.05) is 11.9 Å². The molecule has 0 aromatic heterocycles. The molecule has 0 amide bonds. The number of anilines is 1. The van der Waals surface area contributed by atoms with E-state index in [1.54, 1.807) is 6.07 Å². The maximum Gasteiger partial charge on any atom is 0.125 e. The zero-order valence-corrected chi connectivity index (χ0v) is 8.95. The van der Waals surface area contributed by atoms with Crippen molar-refractivity contribution in [3.05, 3.63) is 18.2 Å². The van der Waals surface area contributed by atoms with E-state index >= 15 is 0 Å².